The zero-order chi connectivity index (χ0) is 41.0. The minimum atomic E-state index is -0.986. The molecule has 5 saturated heterocycles. The molecule has 1 aromatic heterocycles. The van der Waals surface area contributed by atoms with Crippen molar-refractivity contribution in [2.75, 3.05) is 80.1 Å². The Morgan fingerprint density at radius 2 is 1.64 bits per heavy atom. The van der Waals surface area contributed by atoms with E-state index in [0.29, 0.717) is 41.5 Å². The van der Waals surface area contributed by atoms with Crippen LogP contribution < -0.4 is 20.0 Å². The van der Waals surface area contributed by atoms with Crippen molar-refractivity contribution >= 4 is 64.0 Å². The maximum absolute atomic E-state index is 13.5. The first-order valence-corrected chi connectivity index (χ1v) is 21.0. The predicted molar refractivity (Wildman–Crippen MR) is 221 cm³/mol. The second kappa shape index (κ2) is 15.5. The van der Waals surface area contributed by atoms with Gasteiger partial charge in [0.1, 0.15) is 6.04 Å². The number of halogens is 1. The smallest absolute Gasteiger partial charge is 0.274 e. The standard InChI is InChI=1S/C43H47ClN10O5/c1-27-23-43(26-53(27)30-4-6-34(45-2)33(44)22-30)12-15-51(16-13-43)37-9-7-35(47-48-37)42(59)52-14-11-28(25-52)24-49-17-19-50(20-18-49)29-3-5-31-32(21-29)41(58)54(40(31)57)36-8-10-38(55)46-39(36)56/h3-7,9,21-22,27-28,36H,8,10-20,23-26H2,1H3,(H,46,55,56)/t27-,28-,36?/m0/s1. The normalized spacial score (nSPS) is 24.6. The van der Waals surface area contributed by atoms with Gasteiger partial charge in [-0.3, -0.25) is 39.1 Å². The van der Waals surface area contributed by atoms with Crippen LogP contribution >= 0.6 is 11.6 Å². The molecule has 9 rings (SSSR count). The number of carbonyl (C=O) groups excluding carboxylic acids is 5. The van der Waals surface area contributed by atoms with E-state index in [4.69, 9.17) is 18.2 Å². The number of nitrogens with zero attached hydrogens (tertiary/aromatic N) is 9. The van der Waals surface area contributed by atoms with Crippen LogP contribution in [0.2, 0.25) is 5.02 Å². The van der Waals surface area contributed by atoms with E-state index >= 15 is 0 Å². The number of carbonyl (C=O) groups is 5. The Labute approximate surface area is 348 Å². The molecule has 1 spiro atoms. The number of hydrogen-bond acceptors (Lipinski definition) is 11. The van der Waals surface area contributed by atoms with Crippen LogP contribution in [0.25, 0.3) is 4.85 Å². The fourth-order valence-corrected chi connectivity index (χ4v) is 10.4. The second-order valence-corrected chi connectivity index (χ2v) is 17.5. The van der Waals surface area contributed by atoms with Crippen molar-refractivity contribution in [2.45, 2.75) is 57.5 Å². The molecule has 0 bridgehead atoms. The number of anilines is 3. The molecule has 0 radical (unpaired) electrons. The van der Waals surface area contributed by atoms with Gasteiger partial charge in [0.05, 0.1) is 17.7 Å². The highest BCUT2D eigenvalue weighted by molar-refractivity contribution is 6.33. The number of rotatable bonds is 7. The number of benzene rings is 2. The van der Waals surface area contributed by atoms with E-state index in [1.165, 1.54) is 0 Å². The quantitative estimate of drug-likeness (QED) is 0.270. The molecule has 15 nitrogen and oxygen atoms in total. The molecular weight excluding hydrogens is 772 g/mol. The van der Waals surface area contributed by atoms with Gasteiger partial charge in [0.15, 0.2) is 11.5 Å². The molecule has 6 aliphatic rings. The lowest BCUT2D eigenvalue weighted by atomic mass is 9.77. The van der Waals surface area contributed by atoms with Crippen LogP contribution in [0.4, 0.5) is 22.9 Å². The number of likely N-dealkylation sites (tertiary alicyclic amines) is 1. The van der Waals surface area contributed by atoms with Crippen LogP contribution in [-0.4, -0.2) is 132 Å². The highest BCUT2D eigenvalue weighted by Gasteiger charge is 2.46. The van der Waals surface area contributed by atoms with Gasteiger partial charge in [-0.05, 0) is 92.8 Å². The summed E-state index contributed by atoms with van der Waals surface area (Å²) < 4.78 is 0. The largest absolute Gasteiger partial charge is 0.369 e. The maximum atomic E-state index is 13.5. The van der Waals surface area contributed by atoms with Crippen LogP contribution in [-0.2, 0) is 9.59 Å². The number of piperidine rings is 2. The van der Waals surface area contributed by atoms with E-state index in [0.717, 1.165) is 100 Å². The fraction of sp³-hybridized carbons (Fsp3) is 0.488. The Bertz CT molecular complexity index is 2250. The van der Waals surface area contributed by atoms with Crippen molar-refractivity contribution in [3.63, 3.8) is 0 Å². The molecule has 0 saturated carbocycles. The Morgan fingerprint density at radius 1 is 0.881 bits per heavy atom. The Balaban J connectivity index is 0.733. The lowest BCUT2D eigenvalue weighted by Gasteiger charge is -2.39. The first-order chi connectivity index (χ1) is 28.5. The molecule has 5 amide bonds. The number of aromatic nitrogens is 2. The molecule has 1 unspecified atom stereocenters. The first kappa shape index (κ1) is 38.9. The number of piperazine rings is 1. The van der Waals surface area contributed by atoms with Crippen LogP contribution in [0.1, 0.15) is 76.7 Å². The summed E-state index contributed by atoms with van der Waals surface area (Å²) in [5.41, 5.74) is 3.55. The molecule has 0 aliphatic carbocycles. The summed E-state index contributed by atoms with van der Waals surface area (Å²) in [5, 5.41) is 11.7. The Morgan fingerprint density at radius 3 is 2.36 bits per heavy atom. The van der Waals surface area contributed by atoms with Crippen molar-refractivity contribution in [1.29, 1.82) is 0 Å². The highest BCUT2D eigenvalue weighted by atomic mass is 35.5. The van der Waals surface area contributed by atoms with Gasteiger partial charge < -0.3 is 19.6 Å². The number of amides is 5. The summed E-state index contributed by atoms with van der Waals surface area (Å²) >= 11 is 6.38. The lowest BCUT2D eigenvalue weighted by molar-refractivity contribution is -0.136. The summed E-state index contributed by atoms with van der Waals surface area (Å²) in [6, 6.07) is 14.1. The third-order valence-corrected chi connectivity index (χ3v) is 13.7. The van der Waals surface area contributed by atoms with Crippen LogP contribution in [0.15, 0.2) is 48.5 Å². The van der Waals surface area contributed by atoms with E-state index in [1.54, 1.807) is 12.1 Å². The first-order valence-electron chi connectivity index (χ1n) is 20.6. The third-order valence-electron chi connectivity index (χ3n) is 13.4. The van der Waals surface area contributed by atoms with Crippen molar-refractivity contribution in [2.24, 2.45) is 11.3 Å². The second-order valence-electron chi connectivity index (χ2n) is 17.1. The minimum Gasteiger partial charge on any atom is -0.369 e. The van der Waals surface area contributed by atoms with E-state index in [2.05, 4.69) is 46.9 Å². The predicted octanol–water partition coefficient (Wildman–Crippen LogP) is 4.25. The summed E-state index contributed by atoms with van der Waals surface area (Å²) in [6.45, 7) is 17.7. The molecule has 6 aliphatic heterocycles. The van der Waals surface area contributed by atoms with Crippen LogP contribution in [0, 0.1) is 17.9 Å². The van der Waals surface area contributed by atoms with E-state index in [9.17, 15) is 24.0 Å². The summed E-state index contributed by atoms with van der Waals surface area (Å²) in [4.78, 5) is 79.8. The Kier molecular flexibility index (Phi) is 10.2. The third kappa shape index (κ3) is 7.37. The highest BCUT2D eigenvalue weighted by Crippen LogP contribution is 2.46. The van der Waals surface area contributed by atoms with Gasteiger partial charge in [-0.2, -0.15) is 0 Å². The molecule has 3 atom stereocenters. The monoisotopic (exact) mass is 818 g/mol. The van der Waals surface area contributed by atoms with Gasteiger partial charge in [-0.25, -0.2) is 4.85 Å². The van der Waals surface area contributed by atoms with Crippen LogP contribution in [0.5, 0.6) is 0 Å². The van der Waals surface area contributed by atoms with E-state index < -0.39 is 29.7 Å². The zero-order valence-corrected chi connectivity index (χ0v) is 33.9. The van der Waals surface area contributed by atoms with Gasteiger partial charge >= 0.3 is 0 Å². The average molecular weight is 819 g/mol. The SMILES string of the molecule is [C-]#[N+]c1ccc(N2CC3(CCN(c4ccc(C(=O)N5CC[C@@H](CN6CCN(c7ccc8c(c7)C(=O)N(C7CCC(=O)NC7=O)C8=O)CC6)C5)nn4)CC3)C[C@@H]2C)cc1Cl. The molecule has 3 aromatic rings. The maximum Gasteiger partial charge on any atom is 0.274 e. The number of fused-ring (bicyclic) bond motifs is 1. The molecule has 7 heterocycles. The molecule has 306 valence electrons. The average Bonchev–Trinajstić information content (AvgIpc) is 3.91. The number of hydrogen-bond donors (Lipinski definition) is 1. The zero-order valence-electron chi connectivity index (χ0n) is 33.1. The minimum absolute atomic E-state index is 0.0828. The molecular formula is C43H47ClN10O5. The lowest BCUT2D eigenvalue weighted by Crippen LogP contribution is -2.54. The summed E-state index contributed by atoms with van der Waals surface area (Å²) in [6.07, 6.45) is 4.32. The molecule has 1 N–H and O–H groups in total. The Hall–Kier alpha value is -5.59. The molecule has 2 aromatic carbocycles. The van der Waals surface area contributed by atoms with E-state index in [-0.39, 0.29) is 35.3 Å². The van der Waals surface area contributed by atoms with Crippen molar-refractivity contribution < 1.29 is 24.0 Å². The summed E-state index contributed by atoms with van der Waals surface area (Å²) in [7, 11) is 0. The fourth-order valence-electron chi connectivity index (χ4n) is 10.1. The number of imide groups is 2. The van der Waals surface area contributed by atoms with Gasteiger partial charge in [0.25, 0.3) is 17.7 Å². The molecule has 16 heteroatoms. The van der Waals surface area contributed by atoms with Gasteiger partial charge in [0.2, 0.25) is 17.5 Å². The van der Waals surface area contributed by atoms with Gasteiger partial charge in [-0.15, -0.1) is 10.2 Å². The van der Waals surface area contributed by atoms with Crippen molar-refractivity contribution in [3.8, 4) is 0 Å². The van der Waals surface area contributed by atoms with Gasteiger partial charge in [-0.1, -0.05) is 17.7 Å². The molecule has 59 heavy (non-hydrogen) atoms. The van der Waals surface area contributed by atoms with Gasteiger partial charge in [0, 0.05) is 94.3 Å². The van der Waals surface area contributed by atoms with Crippen LogP contribution in [0.3, 0.4) is 0 Å². The topological polar surface area (TPSA) is 147 Å². The van der Waals surface area contributed by atoms with Crippen molar-refractivity contribution in [3.05, 3.63) is 81.8 Å². The summed E-state index contributed by atoms with van der Waals surface area (Å²) in [5.74, 6) is -0.954. The number of nitrogens with one attached hydrogen (secondary N) is 1. The molecule has 5 fully saturated rings. The van der Waals surface area contributed by atoms with Crippen molar-refractivity contribution in [1.82, 2.24) is 30.2 Å². The van der Waals surface area contributed by atoms with E-state index in [1.807, 2.05) is 41.3 Å².